The molecule has 126 valence electrons. The van der Waals surface area contributed by atoms with Gasteiger partial charge in [-0.05, 0) is 31.6 Å². The molecule has 2 atom stereocenters. The number of carbonyl (C=O) groups excluding carboxylic acids is 1. The van der Waals surface area contributed by atoms with Gasteiger partial charge in [-0.3, -0.25) is 9.69 Å². The Morgan fingerprint density at radius 1 is 1.18 bits per heavy atom. The van der Waals surface area contributed by atoms with E-state index < -0.39 is 9.84 Å². The maximum Gasteiger partial charge on any atom is 0.236 e. The Morgan fingerprint density at radius 2 is 1.95 bits per heavy atom. The molecule has 22 heavy (non-hydrogen) atoms. The summed E-state index contributed by atoms with van der Waals surface area (Å²) in [7, 11) is -1.20. The SMILES string of the molecule is CN(C(=O)CN(C[C@H]1CCOC1)C1CC1)[C@H]1CCS(=O)(=O)C1. The summed E-state index contributed by atoms with van der Waals surface area (Å²) in [5.41, 5.74) is 0. The molecule has 1 saturated carbocycles. The maximum atomic E-state index is 12.5. The van der Waals surface area contributed by atoms with Crippen LogP contribution in [0.2, 0.25) is 0 Å². The summed E-state index contributed by atoms with van der Waals surface area (Å²) in [6.45, 7) is 2.96. The summed E-state index contributed by atoms with van der Waals surface area (Å²) < 4.78 is 28.6. The van der Waals surface area contributed by atoms with Gasteiger partial charge >= 0.3 is 0 Å². The van der Waals surface area contributed by atoms with Crippen LogP contribution < -0.4 is 0 Å². The van der Waals surface area contributed by atoms with Crippen molar-refractivity contribution in [2.24, 2.45) is 5.92 Å². The molecule has 1 aliphatic carbocycles. The van der Waals surface area contributed by atoms with Gasteiger partial charge in [0.05, 0.1) is 24.7 Å². The second-order valence-electron chi connectivity index (χ2n) is 6.95. The van der Waals surface area contributed by atoms with Crippen LogP contribution in [0.1, 0.15) is 25.7 Å². The van der Waals surface area contributed by atoms with Gasteiger partial charge in [0.1, 0.15) is 0 Å². The molecule has 1 amide bonds. The topological polar surface area (TPSA) is 66.9 Å². The zero-order chi connectivity index (χ0) is 15.7. The van der Waals surface area contributed by atoms with Crippen molar-refractivity contribution in [1.82, 2.24) is 9.80 Å². The van der Waals surface area contributed by atoms with Crippen molar-refractivity contribution >= 4 is 15.7 Å². The standard InChI is InChI=1S/C15H26N2O4S/c1-16(14-5-7-22(19,20)11-14)15(18)9-17(13-2-3-13)8-12-4-6-21-10-12/h12-14H,2-11H2,1H3/t12-,14+/m1/s1. The number of likely N-dealkylation sites (N-methyl/N-ethyl adjacent to an activating group) is 1. The number of hydrogen-bond acceptors (Lipinski definition) is 5. The number of amides is 1. The van der Waals surface area contributed by atoms with Crippen LogP contribution in [0.3, 0.4) is 0 Å². The van der Waals surface area contributed by atoms with E-state index in [4.69, 9.17) is 4.74 Å². The Morgan fingerprint density at radius 3 is 2.50 bits per heavy atom. The highest BCUT2D eigenvalue weighted by Gasteiger charge is 2.36. The lowest BCUT2D eigenvalue weighted by Crippen LogP contribution is -2.45. The zero-order valence-electron chi connectivity index (χ0n) is 13.2. The van der Waals surface area contributed by atoms with Crippen LogP contribution in [0.5, 0.6) is 0 Å². The van der Waals surface area contributed by atoms with Crippen molar-refractivity contribution in [3.63, 3.8) is 0 Å². The van der Waals surface area contributed by atoms with Crippen LogP contribution in [-0.2, 0) is 19.4 Å². The maximum absolute atomic E-state index is 12.5. The number of ether oxygens (including phenoxy) is 1. The van der Waals surface area contributed by atoms with E-state index in [1.165, 1.54) is 12.8 Å². The Kier molecular flexibility index (Phi) is 4.75. The highest BCUT2D eigenvalue weighted by molar-refractivity contribution is 7.91. The predicted molar refractivity (Wildman–Crippen MR) is 83.3 cm³/mol. The van der Waals surface area contributed by atoms with E-state index in [2.05, 4.69) is 4.90 Å². The average Bonchev–Trinajstić information content (AvgIpc) is 3.08. The highest BCUT2D eigenvalue weighted by atomic mass is 32.2. The van der Waals surface area contributed by atoms with Crippen LogP contribution in [-0.4, -0.2) is 81.1 Å². The molecule has 7 heteroatoms. The van der Waals surface area contributed by atoms with Crippen molar-refractivity contribution in [1.29, 1.82) is 0 Å². The summed E-state index contributed by atoms with van der Waals surface area (Å²) in [5, 5.41) is 0. The summed E-state index contributed by atoms with van der Waals surface area (Å²) in [6.07, 6.45) is 3.99. The normalized spacial score (nSPS) is 30.8. The summed E-state index contributed by atoms with van der Waals surface area (Å²) in [6, 6.07) is 0.388. The molecule has 3 fully saturated rings. The summed E-state index contributed by atoms with van der Waals surface area (Å²) in [5.74, 6) is 0.911. The third-order valence-electron chi connectivity index (χ3n) is 5.07. The molecule has 6 nitrogen and oxygen atoms in total. The molecule has 2 aliphatic heterocycles. The number of carbonyl (C=O) groups is 1. The van der Waals surface area contributed by atoms with Gasteiger partial charge in [-0.2, -0.15) is 0 Å². The van der Waals surface area contributed by atoms with Gasteiger partial charge in [0.25, 0.3) is 0 Å². The van der Waals surface area contributed by atoms with Crippen LogP contribution in [0.15, 0.2) is 0 Å². The van der Waals surface area contributed by atoms with Gasteiger partial charge in [-0.25, -0.2) is 8.42 Å². The van der Waals surface area contributed by atoms with Gasteiger partial charge < -0.3 is 9.64 Å². The Balaban J connectivity index is 1.54. The molecule has 3 rings (SSSR count). The minimum atomic E-state index is -2.95. The average molecular weight is 330 g/mol. The van der Waals surface area contributed by atoms with Crippen molar-refractivity contribution in [3.8, 4) is 0 Å². The van der Waals surface area contributed by atoms with Crippen LogP contribution >= 0.6 is 0 Å². The smallest absolute Gasteiger partial charge is 0.236 e. The number of hydrogen-bond donors (Lipinski definition) is 0. The molecule has 0 radical (unpaired) electrons. The van der Waals surface area contributed by atoms with E-state index in [0.29, 0.717) is 24.9 Å². The van der Waals surface area contributed by atoms with E-state index in [-0.39, 0.29) is 23.5 Å². The third kappa shape index (κ3) is 4.00. The molecule has 0 N–H and O–H groups in total. The van der Waals surface area contributed by atoms with E-state index in [1.54, 1.807) is 11.9 Å². The highest BCUT2D eigenvalue weighted by Crippen LogP contribution is 2.29. The molecule has 3 aliphatic rings. The van der Waals surface area contributed by atoms with Crippen LogP contribution in [0, 0.1) is 5.92 Å². The minimum Gasteiger partial charge on any atom is -0.381 e. The lowest BCUT2D eigenvalue weighted by atomic mass is 10.1. The van der Waals surface area contributed by atoms with E-state index in [9.17, 15) is 13.2 Å². The van der Waals surface area contributed by atoms with Gasteiger partial charge in [0, 0.05) is 32.3 Å². The van der Waals surface area contributed by atoms with E-state index in [1.807, 2.05) is 0 Å². The van der Waals surface area contributed by atoms with E-state index >= 15 is 0 Å². The molecule has 0 bridgehead atoms. The quantitative estimate of drug-likeness (QED) is 0.693. The fourth-order valence-corrected chi connectivity index (χ4v) is 5.19. The number of sulfone groups is 1. The van der Waals surface area contributed by atoms with Gasteiger partial charge in [-0.1, -0.05) is 0 Å². The lowest BCUT2D eigenvalue weighted by Gasteiger charge is -2.29. The van der Waals surface area contributed by atoms with Gasteiger partial charge in [0.2, 0.25) is 5.91 Å². The van der Waals surface area contributed by atoms with Crippen molar-refractivity contribution in [3.05, 3.63) is 0 Å². The largest absolute Gasteiger partial charge is 0.381 e. The van der Waals surface area contributed by atoms with Crippen molar-refractivity contribution < 1.29 is 17.9 Å². The molecule has 0 unspecified atom stereocenters. The monoisotopic (exact) mass is 330 g/mol. The first kappa shape index (κ1) is 16.2. The molecule has 0 aromatic heterocycles. The van der Waals surface area contributed by atoms with Gasteiger partial charge in [-0.15, -0.1) is 0 Å². The van der Waals surface area contributed by atoms with E-state index in [0.717, 1.165) is 26.2 Å². The lowest BCUT2D eigenvalue weighted by molar-refractivity contribution is -0.133. The Labute approximate surface area is 132 Å². The van der Waals surface area contributed by atoms with Crippen molar-refractivity contribution in [2.75, 3.05) is 44.9 Å². The molecule has 2 heterocycles. The number of nitrogens with zero attached hydrogens (tertiary/aromatic N) is 2. The molecule has 2 saturated heterocycles. The fraction of sp³-hybridized carbons (Fsp3) is 0.933. The minimum absolute atomic E-state index is 0.0490. The molecule has 0 aromatic carbocycles. The first-order chi connectivity index (χ1) is 10.4. The molecular weight excluding hydrogens is 304 g/mol. The Bertz CT molecular complexity index is 512. The van der Waals surface area contributed by atoms with Crippen LogP contribution in [0.4, 0.5) is 0 Å². The van der Waals surface area contributed by atoms with Crippen LogP contribution in [0.25, 0.3) is 0 Å². The van der Waals surface area contributed by atoms with Gasteiger partial charge in [0.15, 0.2) is 9.84 Å². The second kappa shape index (κ2) is 6.45. The first-order valence-electron chi connectivity index (χ1n) is 8.22. The zero-order valence-corrected chi connectivity index (χ0v) is 14.1. The molecule has 0 spiro atoms. The third-order valence-corrected chi connectivity index (χ3v) is 6.82. The summed E-state index contributed by atoms with van der Waals surface area (Å²) >= 11 is 0. The number of rotatable bonds is 6. The first-order valence-corrected chi connectivity index (χ1v) is 10.0. The molecular formula is C15H26N2O4S. The Hall–Kier alpha value is -0.660. The fourth-order valence-electron chi connectivity index (χ4n) is 3.41. The molecule has 0 aromatic rings. The van der Waals surface area contributed by atoms with Crippen molar-refractivity contribution in [2.45, 2.75) is 37.8 Å². The predicted octanol–water partition coefficient (Wildman–Crippen LogP) is 0.133. The summed E-state index contributed by atoms with van der Waals surface area (Å²) in [4.78, 5) is 16.5. The second-order valence-corrected chi connectivity index (χ2v) is 9.18.